The van der Waals surface area contributed by atoms with Gasteiger partial charge in [0, 0.05) is 11.6 Å². The highest BCUT2D eigenvalue weighted by molar-refractivity contribution is 7.89. The Kier molecular flexibility index (Phi) is 11.1. The van der Waals surface area contributed by atoms with E-state index in [0.29, 0.717) is 41.7 Å². The van der Waals surface area contributed by atoms with Gasteiger partial charge in [0.1, 0.15) is 0 Å². The van der Waals surface area contributed by atoms with Gasteiger partial charge < -0.3 is 9.47 Å². The lowest BCUT2D eigenvalue weighted by molar-refractivity contribution is -0.121. The summed E-state index contributed by atoms with van der Waals surface area (Å²) in [6.07, 6.45) is 2.78. The third-order valence-electron chi connectivity index (χ3n) is 5.40. The molecule has 0 aliphatic heterocycles. The molecule has 0 radical (unpaired) electrons. The van der Waals surface area contributed by atoms with Crippen molar-refractivity contribution in [2.45, 2.75) is 31.6 Å². The van der Waals surface area contributed by atoms with Crippen LogP contribution in [0.5, 0.6) is 11.5 Å². The van der Waals surface area contributed by atoms with E-state index in [1.165, 1.54) is 30.5 Å². The predicted molar refractivity (Wildman–Crippen MR) is 149 cm³/mol. The van der Waals surface area contributed by atoms with E-state index >= 15 is 0 Å². The van der Waals surface area contributed by atoms with Gasteiger partial charge in [-0.3, -0.25) is 4.79 Å². The zero-order valence-corrected chi connectivity index (χ0v) is 23.0. The fourth-order valence-corrected chi connectivity index (χ4v) is 5.04. The van der Waals surface area contributed by atoms with Gasteiger partial charge in [-0.1, -0.05) is 48.9 Å². The number of hydrogen-bond donors (Lipinski definition) is 1. The molecule has 0 aliphatic rings. The van der Waals surface area contributed by atoms with Gasteiger partial charge in [0.2, 0.25) is 10.0 Å². The molecule has 0 bridgehead atoms. The lowest BCUT2D eigenvalue weighted by atomic mass is 10.1. The number of nitrogens with one attached hydrogen (secondary N) is 1. The maximum Gasteiger partial charge on any atom is 0.255 e. The van der Waals surface area contributed by atoms with Gasteiger partial charge in [-0.25, -0.2) is 13.8 Å². The highest BCUT2D eigenvalue weighted by atomic mass is 35.5. The molecule has 0 unspecified atom stereocenters. The second kappa shape index (κ2) is 14.5. The van der Waals surface area contributed by atoms with Crippen LogP contribution in [0, 0.1) is 0 Å². The van der Waals surface area contributed by atoms with Gasteiger partial charge in [0.15, 0.2) is 11.5 Å². The Morgan fingerprint density at radius 3 is 2.42 bits per heavy atom. The molecule has 1 N–H and O–H groups in total. The lowest BCUT2D eigenvalue weighted by Crippen LogP contribution is -2.40. The lowest BCUT2D eigenvalue weighted by Gasteiger charge is -2.21. The molecule has 10 heteroatoms. The molecular weight excluding hydrogens is 526 g/mol. The Bertz CT molecular complexity index is 1320. The van der Waals surface area contributed by atoms with E-state index in [1.54, 1.807) is 18.2 Å². The van der Waals surface area contributed by atoms with Crippen molar-refractivity contribution in [3.05, 3.63) is 88.9 Å². The second-order valence-corrected chi connectivity index (χ2v) is 10.7. The van der Waals surface area contributed by atoms with Gasteiger partial charge in [-0.2, -0.15) is 9.41 Å². The summed E-state index contributed by atoms with van der Waals surface area (Å²) in [4.78, 5) is 12.8. The van der Waals surface area contributed by atoms with Crippen LogP contribution in [0.2, 0.25) is 5.02 Å². The molecule has 0 heterocycles. The van der Waals surface area contributed by atoms with E-state index in [2.05, 4.69) is 10.5 Å². The van der Waals surface area contributed by atoms with Crippen molar-refractivity contribution in [1.82, 2.24) is 9.73 Å². The molecule has 38 heavy (non-hydrogen) atoms. The quantitative estimate of drug-likeness (QED) is 0.224. The van der Waals surface area contributed by atoms with Crippen LogP contribution in [-0.4, -0.2) is 51.1 Å². The normalized spacial score (nSPS) is 11.6. The summed E-state index contributed by atoms with van der Waals surface area (Å²) < 4.78 is 39.2. The Morgan fingerprint density at radius 1 is 1.00 bits per heavy atom. The molecule has 3 rings (SSSR count). The first-order valence-corrected chi connectivity index (χ1v) is 14.2. The van der Waals surface area contributed by atoms with Crippen molar-refractivity contribution in [3.8, 4) is 11.5 Å². The minimum Gasteiger partial charge on any atom is -0.490 e. The van der Waals surface area contributed by atoms with E-state index in [9.17, 15) is 13.2 Å². The van der Waals surface area contributed by atoms with Crippen LogP contribution in [0.3, 0.4) is 0 Å². The van der Waals surface area contributed by atoms with Gasteiger partial charge in [-0.05, 0) is 73.4 Å². The molecule has 3 aromatic carbocycles. The Balaban J connectivity index is 1.71. The SMILES string of the molecule is CCCOc1ccc(/C=N\NC(=O)CN(CCc2ccccc2)S(=O)(=O)c2ccc(Cl)cc2)cc1OCC. The highest BCUT2D eigenvalue weighted by Gasteiger charge is 2.26. The van der Waals surface area contributed by atoms with Crippen LogP contribution >= 0.6 is 11.6 Å². The van der Waals surface area contributed by atoms with Crippen molar-refractivity contribution in [2.24, 2.45) is 5.10 Å². The maximum absolute atomic E-state index is 13.3. The first kappa shape index (κ1) is 29.2. The molecule has 8 nitrogen and oxygen atoms in total. The molecule has 0 atom stereocenters. The highest BCUT2D eigenvalue weighted by Crippen LogP contribution is 2.28. The Morgan fingerprint density at radius 2 is 1.74 bits per heavy atom. The Hall–Kier alpha value is -3.40. The zero-order valence-electron chi connectivity index (χ0n) is 21.5. The summed E-state index contributed by atoms with van der Waals surface area (Å²) in [5.41, 5.74) is 4.07. The van der Waals surface area contributed by atoms with Crippen LogP contribution in [0.25, 0.3) is 0 Å². The standard InChI is InChI=1S/C28H32ClN3O5S/c1-3-18-37-26-15-10-23(19-27(26)36-4-2)20-30-31-28(33)21-32(17-16-22-8-6-5-7-9-22)38(34,35)25-13-11-24(29)12-14-25/h5-15,19-20H,3-4,16-18,21H2,1-2H3,(H,31,33)/b30-20-. The van der Waals surface area contributed by atoms with Crippen LogP contribution in [0.4, 0.5) is 0 Å². The molecular formula is C28H32ClN3O5S. The monoisotopic (exact) mass is 557 g/mol. The molecule has 0 saturated carbocycles. The average molecular weight is 558 g/mol. The van der Waals surface area contributed by atoms with Crippen molar-refractivity contribution in [3.63, 3.8) is 0 Å². The van der Waals surface area contributed by atoms with Gasteiger partial charge >= 0.3 is 0 Å². The largest absolute Gasteiger partial charge is 0.490 e. The second-order valence-electron chi connectivity index (χ2n) is 8.31. The molecule has 0 spiro atoms. The fraction of sp³-hybridized carbons (Fsp3) is 0.286. The smallest absolute Gasteiger partial charge is 0.255 e. The van der Waals surface area contributed by atoms with E-state index in [4.69, 9.17) is 21.1 Å². The Labute approximate surface area is 229 Å². The van der Waals surface area contributed by atoms with Crippen LogP contribution < -0.4 is 14.9 Å². The van der Waals surface area contributed by atoms with Crippen molar-refractivity contribution in [2.75, 3.05) is 26.3 Å². The topological polar surface area (TPSA) is 97.3 Å². The number of carbonyl (C=O) groups excluding carboxylic acids is 1. The molecule has 0 aromatic heterocycles. The van der Waals surface area contributed by atoms with E-state index in [-0.39, 0.29) is 11.4 Å². The predicted octanol–water partition coefficient (Wildman–Crippen LogP) is 4.91. The zero-order chi connectivity index (χ0) is 27.4. The number of hydrogen-bond acceptors (Lipinski definition) is 6. The number of halogens is 1. The van der Waals surface area contributed by atoms with Crippen molar-refractivity contribution < 1.29 is 22.7 Å². The maximum atomic E-state index is 13.3. The van der Waals surface area contributed by atoms with E-state index in [0.717, 1.165) is 16.3 Å². The summed E-state index contributed by atoms with van der Waals surface area (Å²) in [5.74, 6) is 0.647. The van der Waals surface area contributed by atoms with Crippen LogP contribution in [0.15, 0.2) is 82.8 Å². The molecule has 3 aromatic rings. The van der Waals surface area contributed by atoms with Gasteiger partial charge in [0.25, 0.3) is 5.91 Å². The molecule has 1 amide bonds. The number of carbonyl (C=O) groups is 1. The number of rotatable bonds is 14. The summed E-state index contributed by atoms with van der Waals surface area (Å²) >= 11 is 5.93. The van der Waals surface area contributed by atoms with Crippen LogP contribution in [0.1, 0.15) is 31.4 Å². The minimum absolute atomic E-state index is 0.0556. The minimum atomic E-state index is -3.95. The van der Waals surface area contributed by atoms with Crippen molar-refractivity contribution >= 4 is 33.7 Å². The van der Waals surface area contributed by atoms with Gasteiger partial charge in [0.05, 0.1) is 30.9 Å². The third kappa shape index (κ3) is 8.58. The summed E-state index contributed by atoms with van der Waals surface area (Å²) in [6, 6.07) is 20.7. The molecule has 202 valence electrons. The molecule has 0 aliphatic carbocycles. The van der Waals surface area contributed by atoms with E-state index < -0.39 is 22.5 Å². The number of benzene rings is 3. The molecule has 0 saturated heterocycles. The summed E-state index contributed by atoms with van der Waals surface area (Å²) in [5, 5.41) is 4.43. The van der Waals surface area contributed by atoms with Gasteiger partial charge in [-0.15, -0.1) is 0 Å². The van der Waals surface area contributed by atoms with Crippen LogP contribution in [-0.2, 0) is 21.2 Å². The number of amides is 1. The van der Waals surface area contributed by atoms with E-state index in [1.807, 2.05) is 44.2 Å². The third-order valence-corrected chi connectivity index (χ3v) is 7.51. The molecule has 0 fully saturated rings. The number of sulfonamides is 1. The summed E-state index contributed by atoms with van der Waals surface area (Å²) in [6.45, 7) is 4.66. The number of hydrazone groups is 1. The first-order chi connectivity index (χ1) is 18.3. The fourth-order valence-electron chi connectivity index (χ4n) is 3.52. The first-order valence-electron chi connectivity index (χ1n) is 12.3. The summed E-state index contributed by atoms with van der Waals surface area (Å²) in [7, 11) is -3.95. The average Bonchev–Trinajstić information content (AvgIpc) is 2.91. The van der Waals surface area contributed by atoms with Crippen molar-refractivity contribution in [1.29, 1.82) is 0 Å². The number of nitrogens with zero attached hydrogens (tertiary/aromatic N) is 2. The number of ether oxygens (including phenoxy) is 2.